The highest BCUT2D eigenvalue weighted by Gasteiger charge is 2.10. The van der Waals surface area contributed by atoms with Crippen molar-refractivity contribution in [3.8, 4) is 11.5 Å². The summed E-state index contributed by atoms with van der Waals surface area (Å²) in [6.45, 7) is 0. The Balaban J connectivity index is 1.52. The van der Waals surface area contributed by atoms with E-state index < -0.39 is 0 Å². The fraction of sp³-hybridized carbons (Fsp3) is 0.0625. The lowest BCUT2D eigenvalue weighted by Crippen LogP contribution is -1.85. The first kappa shape index (κ1) is 14.0. The minimum Gasteiger partial charge on any atom is -0.411 e. The van der Waals surface area contributed by atoms with Crippen molar-refractivity contribution < 1.29 is 8.81 Å². The molecule has 0 radical (unpaired) electrons. The molecule has 0 aliphatic carbocycles. The summed E-state index contributed by atoms with van der Waals surface area (Å²) in [5.74, 6) is 0.769. The minimum atomic E-state index is -0.247. The smallest absolute Gasteiger partial charge is 0.277 e. The summed E-state index contributed by atoms with van der Waals surface area (Å²) in [5, 5.41) is 8.54. The molecule has 5 nitrogen and oxygen atoms in total. The van der Waals surface area contributed by atoms with Gasteiger partial charge in [0.1, 0.15) is 11.5 Å². The second kappa shape index (κ2) is 5.85. The second-order valence-corrected chi connectivity index (χ2v) is 5.83. The van der Waals surface area contributed by atoms with Gasteiger partial charge in [-0.05, 0) is 29.8 Å². The molecule has 0 bridgehead atoms. The highest BCUT2D eigenvalue weighted by molar-refractivity contribution is 7.98. The van der Waals surface area contributed by atoms with Crippen LogP contribution in [0.1, 0.15) is 5.56 Å². The molecule has 0 saturated carbocycles. The van der Waals surface area contributed by atoms with Crippen LogP contribution in [0.4, 0.5) is 4.39 Å². The third kappa shape index (κ3) is 2.95. The zero-order valence-electron chi connectivity index (χ0n) is 11.9. The Bertz CT molecular complexity index is 965. The molecule has 3 aromatic heterocycles. The van der Waals surface area contributed by atoms with E-state index in [-0.39, 0.29) is 5.82 Å². The molecule has 114 valence electrons. The molecule has 0 amide bonds. The van der Waals surface area contributed by atoms with Crippen molar-refractivity contribution in [1.29, 1.82) is 0 Å². The van der Waals surface area contributed by atoms with Crippen molar-refractivity contribution in [1.82, 2.24) is 19.6 Å². The summed E-state index contributed by atoms with van der Waals surface area (Å²) in [6, 6.07) is 10.2. The van der Waals surface area contributed by atoms with Crippen LogP contribution in [0.5, 0.6) is 0 Å². The Morgan fingerprint density at radius 3 is 3.04 bits per heavy atom. The van der Waals surface area contributed by atoms with Crippen LogP contribution in [-0.2, 0) is 5.75 Å². The number of fused-ring (bicyclic) bond motifs is 1. The van der Waals surface area contributed by atoms with E-state index in [0.717, 1.165) is 16.8 Å². The average Bonchev–Trinajstić information content (AvgIpc) is 3.21. The molecule has 0 aliphatic heterocycles. The molecule has 0 aliphatic rings. The van der Waals surface area contributed by atoms with E-state index in [9.17, 15) is 4.39 Å². The summed E-state index contributed by atoms with van der Waals surface area (Å²) in [6.07, 6.45) is 5.47. The zero-order valence-corrected chi connectivity index (χ0v) is 12.7. The molecule has 0 unspecified atom stereocenters. The Morgan fingerprint density at radius 2 is 2.13 bits per heavy atom. The summed E-state index contributed by atoms with van der Waals surface area (Å²) >= 11 is 1.38. The fourth-order valence-corrected chi connectivity index (χ4v) is 2.91. The number of pyridine rings is 1. The minimum absolute atomic E-state index is 0.247. The van der Waals surface area contributed by atoms with Crippen molar-refractivity contribution in [3.05, 3.63) is 66.4 Å². The number of thioether (sulfide) groups is 1. The first-order chi connectivity index (χ1) is 11.3. The Labute approximate surface area is 135 Å². The molecule has 23 heavy (non-hydrogen) atoms. The molecule has 0 atom stereocenters. The Morgan fingerprint density at radius 1 is 1.17 bits per heavy atom. The van der Waals surface area contributed by atoms with E-state index in [4.69, 9.17) is 4.42 Å². The van der Waals surface area contributed by atoms with Crippen LogP contribution in [-0.4, -0.2) is 19.6 Å². The number of aromatic nitrogens is 4. The summed E-state index contributed by atoms with van der Waals surface area (Å²) in [5.41, 5.74) is 2.55. The third-order valence-electron chi connectivity index (χ3n) is 3.29. The molecule has 0 spiro atoms. The van der Waals surface area contributed by atoms with Gasteiger partial charge in [-0.3, -0.25) is 0 Å². The molecule has 0 saturated heterocycles. The quantitative estimate of drug-likeness (QED) is 0.534. The number of rotatable bonds is 4. The largest absolute Gasteiger partial charge is 0.411 e. The maximum Gasteiger partial charge on any atom is 0.277 e. The number of nitrogens with zero attached hydrogens (tertiary/aromatic N) is 4. The lowest BCUT2D eigenvalue weighted by Gasteiger charge is -1.98. The third-order valence-corrected chi connectivity index (χ3v) is 4.18. The normalized spacial score (nSPS) is 11.2. The number of hydrogen-bond acceptors (Lipinski definition) is 5. The topological polar surface area (TPSA) is 56.2 Å². The SMILES string of the molecule is Fc1cccc(CSc2nnc(-c3ccc4nccn4c3)o2)c1. The van der Waals surface area contributed by atoms with Crippen LogP contribution in [0.3, 0.4) is 0 Å². The standard InChI is InChI=1S/C16H11FN4OS/c17-13-3-1-2-11(8-13)10-23-16-20-19-15(22-16)12-4-5-14-18-6-7-21(14)9-12/h1-9H,10H2. The van der Waals surface area contributed by atoms with Crippen LogP contribution in [0, 0.1) is 5.82 Å². The first-order valence-electron chi connectivity index (χ1n) is 6.92. The predicted octanol–water partition coefficient (Wildman–Crippen LogP) is 3.82. The predicted molar refractivity (Wildman–Crippen MR) is 84.4 cm³/mol. The van der Waals surface area contributed by atoms with Gasteiger partial charge < -0.3 is 8.82 Å². The fourth-order valence-electron chi connectivity index (χ4n) is 2.20. The average molecular weight is 326 g/mol. The molecule has 0 fully saturated rings. The van der Waals surface area contributed by atoms with E-state index in [1.165, 1.54) is 23.9 Å². The number of halogens is 1. The van der Waals surface area contributed by atoms with E-state index in [1.54, 1.807) is 12.3 Å². The van der Waals surface area contributed by atoms with Gasteiger partial charge in [-0.1, -0.05) is 23.9 Å². The number of benzene rings is 1. The van der Waals surface area contributed by atoms with E-state index in [0.29, 0.717) is 16.9 Å². The van der Waals surface area contributed by atoms with Gasteiger partial charge in [0.25, 0.3) is 5.22 Å². The molecule has 0 N–H and O–H groups in total. The highest BCUT2D eigenvalue weighted by Crippen LogP contribution is 2.26. The molecule has 1 aromatic carbocycles. The van der Waals surface area contributed by atoms with Crippen molar-refractivity contribution in [2.45, 2.75) is 11.0 Å². The van der Waals surface area contributed by atoms with Crippen molar-refractivity contribution in [2.75, 3.05) is 0 Å². The van der Waals surface area contributed by atoms with Gasteiger partial charge in [0.15, 0.2) is 0 Å². The summed E-state index contributed by atoms with van der Waals surface area (Å²) in [7, 11) is 0. The number of imidazole rings is 1. The van der Waals surface area contributed by atoms with Crippen molar-refractivity contribution in [3.63, 3.8) is 0 Å². The van der Waals surface area contributed by atoms with Gasteiger partial charge in [0.05, 0.1) is 5.56 Å². The van der Waals surface area contributed by atoms with Gasteiger partial charge in [-0.2, -0.15) is 0 Å². The molecule has 3 heterocycles. The van der Waals surface area contributed by atoms with E-state index in [2.05, 4.69) is 15.2 Å². The van der Waals surface area contributed by atoms with E-state index >= 15 is 0 Å². The second-order valence-electron chi connectivity index (χ2n) is 4.90. The van der Waals surface area contributed by atoms with Crippen LogP contribution in [0.25, 0.3) is 17.1 Å². The Hall–Kier alpha value is -2.67. The van der Waals surface area contributed by atoms with Crippen LogP contribution >= 0.6 is 11.8 Å². The maximum atomic E-state index is 13.2. The van der Waals surface area contributed by atoms with Gasteiger partial charge in [-0.25, -0.2) is 9.37 Å². The highest BCUT2D eigenvalue weighted by atomic mass is 32.2. The van der Waals surface area contributed by atoms with Gasteiger partial charge in [0, 0.05) is 24.3 Å². The first-order valence-corrected chi connectivity index (χ1v) is 7.90. The lowest BCUT2D eigenvalue weighted by molar-refractivity contribution is 0.465. The van der Waals surface area contributed by atoms with E-state index in [1.807, 2.05) is 35.0 Å². The maximum absolute atomic E-state index is 13.2. The zero-order chi connectivity index (χ0) is 15.6. The number of hydrogen-bond donors (Lipinski definition) is 0. The van der Waals surface area contributed by atoms with Crippen molar-refractivity contribution in [2.24, 2.45) is 0 Å². The molecular formula is C16H11FN4OS. The lowest BCUT2D eigenvalue weighted by atomic mass is 10.2. The molecule has 4 rings (SSSR count). The van der Waals surface area contributed by atoms with Crippen LogP contribution in [0.15, 0.2) is 64.6 Å². The summed E-state index contributed by atoms with van der Waals surface area (Å²) in [4.78, 5) is 4.19. The van der Waals surface area contributed by atoms with Crippen molar-refractivity contribution >= 4 is 17.4 Å². The monoisotopic (exact) mass is 326 g/mol. The molecular weight excluding hydrogens is 315 g/mol. The van der Waals surface area contributed by atoms with Gasteiger partial charge >= 0.3 is 0 Å². The van der Waals surface area contributed by atoms with Crippen LogP contribution < -0.4 is 0 Å². The van der Waals surface area contributed by atoms with Gasteiger partial charge in [-0.15, -0.1) is 10.2 Å². The molecule has 4 aromatic rings. The summed E-state index contributed by atoms with van der Waals surface area (Å²) < 4.78 is 20.7. The van der Waals surface area contributed by atoms with Crippen LogP contribution in [0.2, 0.25) is 0 Å². The Kier molecular flexibility index (Phi) is 3.55. The molecule has 7 heteroatoms. The van der Waals surface area contributed by atoms with Gasteiger partial charge in [0.2, 0.25) is 5.89 Å².